The fourth-order valence-corrected chi connectivity index (χ4v) is 2.55. The molecular weight excluding hydrogens is 380 g/mol. The Bertz CT molecular complexity index is 1060. The Kier molecular flexibility index (Phi) is 6.13. The van der Waals surface area contributed by atoms with Gasteiger partial charge in [-0.25, -0.2) is 13.6 Å². The smallest absolute Gasteiger partial charge is 0.340 e. The second-order valence-corrected chi connectivity index (χ2v) is 5.93. The topological polar surface area (TPSA) is 80.3 Å². The van der Waals surface area contributed by atoms with E-state index in [4.69, 9.17) is 4.74 Å². The molecule has 3 aromatic rings. The van der Waals surface area contributed by atoms with Gasteiger partial charge in [0.05, 0.1) is 41.0 Å². The van der Waals surface area contributed by atoms with E-state index >= 15 is 0 Å². The van der Waals surface area contributed by atoms with Gasteiger partial charge in [0, 0.05) is 12.3 Å². The number of hydrogen-bond acceptors (Lipinski definition) is 5. The number of anilines is 3. The highest BCUT2D eigenvalue weighted by Gasteiger charge is 2.15. The molecule has 148 valence electrons. The first-order valence-electron chi connectivity index (χ1n) is 8.72. The van der Waals surface area contributed by atoms with Crippen LogP contribution >= 0.6 is 0 Å². The Balaban J connectivity index is 1.79. The van der Waals surface area contributed by atoms with Crippen LogP contribution in [0.3, 0.4) is 0 Å². The van der Waals surface area contributed by atoms with E-state index in [1.54, 1.807) is 31.2 Å². The molecule has 0 saturated heterocycles. The van der Waals surface area contributed by atoms with Gasteiger partial charge < -0.3 is 15.4 Å². The van der Waals surface area contributed by atoms with Crippen LogP contribution < -0.4 is 10.6 Å². The molecule has 1 heterocycles. The number of amides is 1. The zero-order valence-electron chi connectivity index (χ0n) is 15.4. The minimum Gasteiger partial charge on any atom is -0.462 e. The molecule has 3 rings (SSSR count). The Morgan fingerprint density at radius 1 is 1.03 bits per heavy atom. The lowest BCUT2D eigenvalue weighted by atomic mass is 10.1. The van der Waals surface area contributed by atoms with Gasteiger partial charge in [0.15, 0.2) is 0 Å². The lowest BCUT2D eigenvalue weighted by molar-refractivity contribution is 0.0527. The molecular formula is C21H17F2N3O3. The fraction of sp³-hybridized carbons (Fsp3) is 0.0952. The van der Waals surface area contributed by atoms with E-state index in [-0.39, 0.29) is 23.4 Å². The SMILES string of the molecule is CCOC(=O)c1ccccc1NC(=O)c1cncc(Nc2ccc(F)cc2F)c1. The van der Waals surface area contributed by atoms with Crippen molar-refractivity contribution in [3.63, 3.8) is 0 Å². The standard InChI is InChI=1S/C21H17F2N3O3/c1-2-29-21(28)16-5-3-4-6-18(16)26-20(27)13-9-15(12-24-11-13)25-19-8-7-14(22)10-17(19)23/h3-12,25H,2H2,1H3,(H,26,27). The number of nitrogens with zero attached hydrogens (tertiary/aromatic N) is 1. The summed E-state index contributed by atoms with van der Waals surface area (Å²) in [6, 6.07) is 11.0. The van der Waals surface area contributed by atoms with Gasteiger partial charge in [-0.05, 0) is 37.3 Å². The number of carbonyl (C=O) groups is 2. The van der Waals surface area contributed by atoms with Crippen molar-refractivity contribution in [3.05, 3.63) is 83.7 Å². The first-order valence-corrected chi connectivity index (χ1v) is 8.72. The number of hydrogen-bond donors (Lipinski definition) is 2. The number of pyridine rings is 1. The highest BCUT2D eigenvalue weighted by molar-refractivity contribution is 6.08. The van der Waals surface area contributed by atoms with Crippen LogP contribution in [-0.4, -0.2) is 23.5 Å². The summed E-state index contributed by atoms with van der Waals surface area (Å²) in [7, 11) is 0. The van der Waals surface area contributed by atoms with Crippen LogP contribution in [0.2, 0.25) is 0 Å². The molecule has 29 heavy (non-hydrogen) atoms. The van der Waals surface area contributed by atoms with Gasteiger partial charge in [0.1, 0.15) is 11.6 Å². The zero-order chi connectivity index (χ0) is 20.8. The van der Waals surface area contributed by atoms with Crippen molar-refractivity contribution in [3.8, 4) is 0 Å². The van der Waals surface area contributed by atoms with Gasteiger partial charge in [-0.1, -0.05) is 12.1 Å². The maximum atomic E-state index is 13.8. The number of esters is 1. The number of benzene rings is 2. The van der Waals surface area contributed by atoms with Crippen molar-refractivity contribution >= 4 is 28.9 Å². The molecule has 6 nitrogen and oxygen atoms in total. The van der Waals surface area contributed by atoms with E-state index in [1.807, 2.05) is 0 Å². The number of rotatable bonds is 6. The number of ether oxygens (including phenoxy) is 1. The Morgan fingerprint density at radius 2 is 1.83 bits per heavy atom. The lowest BCUT2D eigenvalue weighted by Gasteiger charge is -2.11. The molecule has 0 saturated carbocycles. The average molecular weight is 397 g/mol. The molecule has 0 radical (unpaired) electrons. The summed E-state index contributed by atoms with van der Waals surface area (Å²) in [6.45, 7) is 1.89. The number of aromatic nitrogens is 1. The third kappa shape index (κ3) is 4.92. The maximum Gasteiger partial charge on any atom is 0.340 e. The summed E-state index contributed by atoms with van der Waals surface area (Å²) >= 11 is 0. The predicted molar refractivity (Wildman–Crippen MR) is 104 cm³/mol. The van der Waals surface area contributed by atoms with Crippen molar-refractivity contribution in [2.24, 2.45) is 0 Å². The van der Waals surface area contributed by atoms with Gasteiger partial charge >= 0.3 is 5.97 Å². The molecule has 0 bridgehead atoms. The second kappa shape index (κ2) is 8.92. The van der Waals surface area contributed by atoms with Crippen LogP contribution in [0.4, 0.5) is 25.8 Å². The summed E-state index contributed by atoms with van der Waals surface area (Å²) in [4.78, 5) is 28.6. The Morgan fingerprint density at radius 3 is 2.59 bits per heavy atom. The quantitative estimate of drug-likeness (QED) is 0.598. The van der Waals surface area contributed by atoms with Crippen LogP contribution in [-0.2, 0) is 4.74 Å². The van der Waals surface area contributed by atoms with Gasteiger partial charge in [-0.15, -0.1) is 0 Å². The van der Waals surface area contributed by atoms with E-state index in [2.05, 4.69) is 15.6 Å². The fourth-order valence-electron chi connectivity index (χ4n) is 2.55. The Hall–Kier alpha value is -3.81. The van der Waals surface area contributed by atoms with Crippen LogP contribution in [0.5, 0.6) is 0 Å². The maximum absolute atomic E-state index is 13.8. The highest BCUT2D eigenvalue weighted by Crippen LogP contribution is 2.22. The minimum absolute atomic E-state index is 0.0402. The molecule has 2 aromatic carbocycles. The van der Waals surface area contributed by atoms with Crippen LogP contribution in [0.15, 0.2) is 60.9 Å². The molecule has 8 heteroatoms. The number of carbonyl (C=O) groups excluding carboxylic acids is 2. The van der Waals surface area contributed by atoms with Gasteiger partial charge in [0.2, 0.25) is 0 Å². The van der Waals surface area contributed by atoms with Crippen LogP contribution in [0.25, 0.3) is 0 Å². The van der Waals surface area contributed by atoms with Gasteiger partial charge in [0.25, 0.3) is 5.91 Å². The molecule has 0 aliphatic rings. The summed E-state index contributed by atoms with van der Waals surface area (Å²) in [5.74, 6) is -2.54. The van der Waals surface area contributed by atoms with Crippen molar-refractivity contribution < 1.29 is 23.1 Å². The summed E-state index contributed by atoms with van der Waals surface area (Å²) in [5.41, 5.74) is 1.06. The van der Waals surface area contributed by atoms with Crippen molar-refractivity contribution in [2.75, 3.05) is 17.2 Å². The first-order chi connectivity index (χ1) is 14.0. The van der Waals surface area contributed by atoms with E-state index < -0.39 is 23.5 Å². The molecule has 0 aliphatic carbocycles. The number of halogens is 2. The van der Waals surface area contributed by atoms with Crippen LogP contribution in [0, 0.1) is 11.6 Å². The molecule has 1 amide bonds. The van der Waals surface area contributed by atoms with E-state index in [9.17, 15) is 18.4 Å². The van der Waals surface area contributed by atoms with E-state index in [0.29, 0.717) is 11.4 Å². The van der Waals surface area contributed by atoms with Crippen molar-refractivity contribution in [1.29, 1.82) is 0 Å². The van der Waals surface area contributed by atoms with E-state index in [1.165, 1.54) is 24.5 Å². The molecule has 0 spiro atoms. The zero-order valence-corrected chi connectivity index (χ0v) is 15.4. The third-order valence-corrected chi connectivity index (χ3v) is 3.88. The highest BCUT2D eigenvalue weighted by atomic mass is 19.1. The predicted octanol–water partition coefficient (Wildman–Crippen LogP) is 4.53. The number of para-hydroxylation sites is 1. The molecule has 0 aliphatic heterocycles. The summed E-state index contributed by atoms with van der Waals surface area (Å²) in [5, 5.41) is 5.39. The van der Waals surface area contributed by atoms with Crippen molar-refractivity contribution in [1.82, 2.24) is 4.98 Å². The largest absolute Gasteiger partial charge is 0.462 e. The average Bonchev–Trinajstić information content (AvgIpc) is 2.71. The minimum atomic E-state index is -0.775. The Labute approximate surface area is 165 Å². The van der Waals surface area contributed by atoms with Crippen molar-refractivity contribution in [2.45, 2.75) is 6.92 Å². The first kappa shape index (κ1) is 19.9. The second-order valence-electron chi connectivity index (χ2n) is 5.93. The summed E-state index contributed by atoms with van der Waals surface area (Å²) in [6.07, 6.45) is 2.72. The summed E-state index contributed by atoms with van der Waals surface area (Å²) < 4.78 is 31.8. The molecule has 1 aromatic heterocycles. The normalized spacial score (nSPS) is 10.3. The molecule has 0 unspecified atom stereocenters. The lowest BCUT2D eigenvalue weighted by Crippen LogP contribution is -2.16. The van der Waals surface area contributed by atoms with Crippen LogP contribution in [0.1, 0.15) is 27.6 Å². The van der Waals surface area contributed by atoms with Gasteiger partial charge in [-0.3, -0.25) is 9.78 Å². The monoisotopic (exact) mass is 397 g/mol. The molecule has 0 fully saturated rings. The third-order valence-electron chi connectivity index (χ3n) is 3.88. The molecule has 2 N–H and O–H groups in total. The number of nitrogens with one attached hydrogen (secondary N) is 2. The van der Waals surface area contributed by atoms with E-state index in [0.717, 1.165) is 12.1 Å². The van der Waals surface area contributed by atoms with Gasteiger partial charge in [-0.2, -0.15) is 0 Å². The molecule has 0 atom stereocenters.